The van der Waals surface area contributed by atoms with Crippen LogP contribution in [0.4, 0.5) is 5.69 Å². The standard InChI is InChI=1S/C40H39N2O.2C7H7.Hf/c1-27-20-29(3)39(30(4)21-27)41-18-19-42(25-31-12-6-5-7-13-31)26-34-22-28(2)23-37(40(34)43)38-35-16-10-8-14-32(35)24-33-15-9-11-17-36(33)38;2*1-7-5-3-2-4-6-7;/h5-17,20-24,43H,18-19,25-26H2,1-4H3;2*2-6H,1H2;/q3*-1;+4. The number of phenols is 1. The van der Waals surface area contributed by atoms with Crippen molar-refractivity contribution in [2.75, 3.05) is 13.1 Å². The molecule has 8 rings (SSSR count). The van der Waals surface area contributed by atoms with Crippen molar-refractivity contribution in [3.05, 3.63) is 234 Å². The number of hydrogen-bond acceptors (Lipinski definition) is 2. The van der Waals surface area contributed by atoms with E-state index < -0.39 is 0 Å². The Morgan fingerprint density at radius 3 is 1.50 bits per heavy atom. The van der Waals surface area contributed by atoms with Crippen molar-refractivity contribution in [1.29, 1.82) is 0 Å². The second-order valence-electron chi connectivity index (χ2n) is 14.8. The van der Waals surface area contributed by atoms with E-state index in [1.54, 1.807) is 0 Å². The van der Waals surface area contributed by atoms with Crippen LogP contribution in [0, 0.1) is 41.5 Å². The van der Waals surface area contributed by atoms with E-state index >= 15 is 0 Å². The Bertz CT molecular complexity index is 2400. The zero-order valence-electron chi connectivity index (χ0n) is 34.3. The molecule has 0 unspecified atom stereocenters. The molecule has 0 aliphatic heterocycles. The zero-order chi connectivity index (χ0) is 40.1. The van der Waals surface area contributed by atoms with E-state index in [0.717, 1.165) is 62.9 Å². The zero-order valence-corrected chi connectivity index (χ0v) is 37.8. The fourth-order valence-corrected chi connectivity index (χ4v) is 7.45. The Kier molecular flexibility index (Phi) is 16.0. The fraction of sp³-hybridized carbons (Fsp3) is 0.148. The topological polar surface area (TPSA) is 37.6 Å². The van der Waals surface area contributed by atoms with Crippen LogP contribution in [0.2, 0.25) is 0 Å². The second kappa shape index (κ2) is 21.3. The summed E-state index contributed by atoms with van der Waals surface area (Å²) >= 11 is 0. The van der Waals surface area contributed by atoms with Crippen molar-refractivity contribution in [2.24, 2.45) is 0 Å². The van der Waals surface area contributed by atoms with Gasteiger partial charge in [-0.1, -0.05) is 126 Å². The minimum absolute atomic E-state index is 0. The Morgan fingerprint density at radius 1 is 0.534 bits per heavy atom. The molecule has 0 amide bonds. The Balaban J connectivity index is 0.000000359. The van der Waals surface area contributed by atoms with Crippen molar-refractivity contribution in [1.82, 2.24) is 4.90 Å². The SMILES string of the molecule is Cc1cc(C)c([N-]CCN(Cc2ccccc2)Cc2cc(C)cc(-c3c4ccccc4cc4ccccc34)c2O)c(C)c1.[CH2-]c1ccccc1.[CH2-]c1ccccc1.[Hf+4]. The van der Waals surface area contributed by atoms with E-state index in [1.165, 1.54) is 33.0 Å². The molecule has 0 spiro atoms. The third kappa shape index (κ3) is 11.8. The predicted octanol–water partition coefficient (Wildman–Crippen LogP) is 14.0. The van der Waals surface area contributed by atoms with Gasteiger partial charge in [0.05, 0.1) is 0 Å². The van der Waals surface area contributed by atoms with Crippen LogP contribution in [0.3, 0.4) is 0 Å². The molecule has 288 valence electrons. The average Bonchev–Trinajstić information content (AvgIpc) is 3.20. The van der Waals surface area contributed by atoms with Gasteiger partial charge in [-0.15, -0.1) is 36.5 Å². The van der Waals surface area contributed by atoms with Crippen LogP contribution in [0.15, 0.2) is 170 Å². The number of nitrogens with zero attached hydrogens (tertiary/aromatic N) is 2. The van der Waals surface area contributed by atoms with Crippen LogP contribution >= 0.6 is 0 Å². The summed E-state index contributed by atoms with van der Waals surface area (Å²) in [4.78, 5) is 2.40. The summed E-state index contributed by atoms with van der Waals surface area (Å²) in [5.41, 5.74) is 12.2. The number of aromatic hydroxyl groups is 1. The van der Waals surface area contributed by atoms with Gasteiger partial charge in [0.25, 0.3) is 0 Å². The van der Waals surface area contributed by atoms with Crippen LogP contribution in [-0.4, -0.2) is 23.1 Å². The van der Waals surface area contributed by atoms with Crippen molar-refractivity contribution in [2.45, 2.75) is 40.8 Å². The molecule has 0 radical (unpaired) electrons. The van der Waals surface area contributed by atoms with Gasteiger partial charge in [0.1, 0.15) is 5.75 Å². The third-order valence-electron chi connectivity index (χ3n) is 10.0. The molecule has 0 fully saturated rings. The first-order valence-electron chi connectivity index (χ1n) is 19.6. The minimum atomic E-state index is 0. The molecule has 0 atom stereocenters. The average molecular weight is 925 g/mol. The Labute approximate surface area is 365 Å². The summed E-state index contributed by atoms with van der Waals surface area (Å²) in [7, 11) is 0. The largest absolute Gasteiger partial charge is 4.00 e. The van der Waals surface area contributed by atoms with Crippen molar-refractivity contribution in [3.8, 4) is 16.9 Å². The normalized spacial score (nSPS) is 10.6. The second-order valence-corrected chi connectivity index (χ2v) is 14.8. The number of aryl methyl sites for hydroxylation is 4. The predicted molar refractivity (Wildman–Crippen MR) is 244 cm³/mol. The summed E-state index contributed by atoms with van der Waals surface area (Å²) in [6.45, 7) is 18.9. The number of phenolic OH excluding ortho intramolecular Hbond substituents is 1. The number of hydrogen-bond donors (Lipinski definition) is 1. The summed E-state index contributed by atoms with van der Waals surface area (Å²) in [6.07, 6.45) is 0. The van der Waals surface area contributed by atoms with Crippen molar-refractivity contribution < 1.29 is 30.9 Å². The van der Waals surface area contributed by atoms with E-state index in [4.69, 9.17) is 5.32 Å². The third-order valence-corrected chi connectivity index (χ3v) is 10.0. The molecule has 0 aliphatic carbocycles. The fourth-order valence-electron chi connectivity index (χ4n) is 7.45. The molecule has 3 nitrogen and oxygen atoms in total. The molecule has 58 heavy (non-hydrogen) atoms. The quantitative estimate of drug-likeness (QED) is 0.0890. The van der Waals surface area contributed by atoms with Gasteiger partial charge in [-0.05, 0) is 79.0 Å². The van der Waals surface area contributed by atoms with Gasteiger partial charge in [-0.2, -0.15) is 49.2 Å². The smallest absolute Gasteiger partial charge is 0.683 e. The van der Waals surface area contributed by atoms with E-state index in [-0.39, 0.29) is 25.8 Å². The van der Waals surface area contributed by atoms with E-state index in [0.29, 0.717) is 18.8 Å². The van der Waals surface area contributed by atoms with Crippen LogP contribution in [0.5, 0.6) is 5.75 Å². The molecule has 8 aromatic rings. The summed E-state index contributed by atoms with van der Waals surface area (Å²) in [5.74, 6) is 0.354. The van der Waals surface area contributed by atoms with Crippen LogP contribution in [0.1, 0.15) is 44.5 Å². The minimum Gasteiger partial charge on any atom is -0.683 e. The summed E-state index contributed by atoms with van der Waals surface area (Å²) < 4.78 is 0. The van der Waals surface area contributed by atoms with Gasteiger partial charge in [0.15, 0.2) is 0 Å². The number of rotatable bonds is 9. The number of fused-ring (bicyclic) bond motifs is 2. The van der Waals surface area contributed by atoms with Gasteiger partial charge in [-0.25, -0.2) is 0 Å². The molecule has 0 saturated heterocycles. The molecule has 4 heteroatoms. The molecule has 0 heterocycles. The van der Waals surface area contributed by atoms with E-state index in [1.807, 2.05) is 60.7 Å². The molecule has 0 aliphatic rings. The van der Waals surface area contributed by atoms with E-state index in [2.05, 4.69) is 156 Å². The molecular weight excluding hydrogens is 871 g/mol. The first-order valence-corrected chi connectivity index (χ1v) is 19.6. The first-order chi connectivity index (χ1) is 27.7. The van der Waals surface area contributed by atoms with E-state index in [9.17, 15) is 5.11 Å². The van der Waals surface area contributed by atoms with Gasteiger partial charge in [0, 0.05) is 29.8 Å². The van der Waals surface area contributed by atoms with Crippen molar-refractivity contribution >= 4 is 27.2 Å². The van der Waals surface area contributed by atoms with Gasteiger partial charge in [-0.3, -0.25) is 4.90 Å². The van der Waals surface area contributed by atoms with Crippen molar-refractivity contribution in [3.63, 3.8) is 0 Å². The van der Waals surface area contributed by atoms with Crippen LogP contribution in [-0.2, 0) is 38.9 Å². The monoisotopic (exact) mass is 925 g/mol. The summed E-state index contributed by atoms with van der Waals surface area (Å²) in [6, 6.07) is 58.2. The molecule has 0 bridgehead atoms. The molecule has 0 saturated carbocycles. The van der Waals surface area contributed by atoms with Gasteiger partial charge in [0.2, 0.25) is 0 Å². The summed E-state index contributed by atoms with van der Waals surface area (Å²) in [5, 5.41) is 21.6. The number of benzene rings is 8. The maximum Gasteiger partial charge on any atom is 4.00 e. The maximum atomic E-state index is 12.0. The maximum absolute atomic E-state index is 12.0. The Hall–Kier alpha value is -5.55. The first kappa shape index (κ1) is 43.6. The van der Waals surface area contributed by atoms with Crippen LogP contribution in [0.25, 0.3) is 38.0 Å². The van der Waals surface area contributed by atoms with Gasteiger partial charge >= 0.3 is 25.8 Å². The Morgan fingerprint density at radius 2 is 1.00 bits per heavy atom. The van der Waals surface area contributed by atoms with Gasteiger partial charge < -0.3 is 10.4 Å². The molecular formula is C54H53HfN2O+. The van der Waals surface area contributed by atoms with Crippen LogP contribution < -0.4 is 0 Å². The molecule has 8 aromatic carbocycles. The molecule has 0 aromatic heterocycles. The molecule has 1 N–H and O–H groups in total.